The van der Waals surface area contributed by atoms with Gasteiger partial charge in [0.25, 0.3) is 0 Å². The molecule has 31 heavy (non-hydrogen) atoms. The zero-order valence-corrected chi connectivity index (χ0v) is 20.9. The van der Waals surface area contributed by atoms with E-state index in [2.05, 4.69) is 47.0 Å². The van der Waals surface area contributed by atoms with E-state index < -0.39 is 26.2 Å². The van der Waals surface area contributed by atoms with Crippen LogP contribution in [0.15, 0.2) is 55.6 Å². The standard InChI is InChI=1S/C25H39NO4Si/c1-8-18-26(23(27)28-20-21-15-11-10-12-16-21)25(17-13-14-19-29-25)22(9-2)30-31(6,7)24(3,4)5/h8-12,15-16,22H,1-2,13-14,17-20H2,3-7H3/t22-,25-/m1/s1. The first kappa shape index (κ1) is 25.4. The number of nitrogens with zero attached hydrogens (tertiary/aromatic N) is 1. The number of benzene rings is 1. The zero-order chi connectivity index (χ0) is 23.1. The number of carbonyl (C=O) groups is 1. The maximum Gasteiger partial charge on any atom is 0.412 e. The molecule has 0 aliphatic carbocycles. The van der Waals surface area contributed by atoms with Gasteiger partial charge in [0.15, 0.2) is 14.0 Å². The molecule has 172 valence electrons. The Morgan fingerprint density at radius 2 is 1.94 bits per heavy atom. The topological polar surface area (TPSA) is 48.0 Å². The van der Waals surface area contributed by atoms with Crippen LogP contribution in [-0.2, 0) is 20.5 Å². The molecule has 5 nitrogen and oxygen atoms in total. The predicted octanol–water partition coefficient (Wildman–Crippen LogP) is 6.28. The third kappa shape index (κ3) is 6.09. The van der Waals surface area contributed by atoms with Gasteiger partial charge >= 0.3 is 6.09 Å². The van der Waals surface area contributed by atoms with Crippen molar-refractivity contribution in [1.82, 2.24) is 4.90 Å². The number of carbonyl (C=O) groups excluding carboxylic acids is 1. The minimum Gasteiger partial charge on any atom is -0.444 e. The van der Waals surface area contributed by atoms with Gasteiger partial charge < -0.3 is 13.9 Å². The van der Waals surface area contributed by atoms with E-state index in [1.54, 1.807) is 17.1 Å². The van der Waals surface area contributed by atoms with Gasteiger partial charge in [-0.25, -0.2) is 4.79 Å². The van der Waals surface area contributed by atoms with Crippen molar-refractivity contribution in [3.8, 4) is 0 Å². The van der Waals surface area contributed by atoms with Gasteiger partial charge in [0.1, 0.15) is 12.7 Å². The Morgan fingerprint density at radius 3 is 2.45 bits per heavy atom. The number of hydrogen-bond acceptors (Lipinski definition) is 4. The number of hydrogen-bond donors (Lipinski definition) is 0. The summed E-state index contributed by atoms with van der Waals surface area (Å²) in [6.45, 7) is 20.0. The molecule has 2 atom stereocenters. The molecule has 2 rings (SSSR count). The number of ether oxygens (including phenoxy) is 2. The summed E-state index contributed by atoms with van der Waals surface area (Å²) in [5.41, 5.74) is -0.0249. The zero-order valence-electron chi connectivity index (χ0n) is 19.9. The van der Waals surface area contributed by atoms with Crippen molar-refractivity contribution in [2.24, 2.45) is 0 Å². The van der Waals surface area contributed by atoms with Gasteiger partial charge in [0, 0.05) is 13.2 Å². The number of amides is 1. The minimum atomic E-state index is -2.15. The summed E-state index contributed by atoms with van der Waals surface area (Å²) in [5.74, 6) is 0. The van der Waals surface area contributed by atoms with Crippen LogP contribution in [0.1, 0.15) is 45.6 Å². The second-order valence-corrected chi connectivity index (χ2v) is 14.4. The van der Waals surface area contributed by atoms with Crippen LogP contribution in [0, 0.1) is 0 Å². The van der Waals surface area contributed by atoms with Crippen LogP contribution in [0.2, 0.25) is 18.1 Å². The molecule has 1 amide bonds. The first-order chi connectivity index (χ1) is 14.6. The highest BCUT2D eigenvalue weighted by molar-refractivity contribution is 6.74. The molecule has 1 fully saturated rings. The van der Waals surface area contributed by atoms with Crippen LogP contribution in [0.5, 0.6) is 0 Å². The SMILES string of the molecule is C=CCN(C(=O)OCc1ccccc1)[C@]1([C@@H](C=C)O[Si](C)(C)C(C)(C)C)CCCCO1. The van der Waals surface area contributed by atoms with Gasteiger partial charge in [0.05, 0.1) is 0 Å². The van der Waals surface area contributed by atoms with Crippen LogP contribution >= 0.6 is 0 Å². The Kier molecular flexibility index (Phi) is 8.69. The molecule has 1 aromatic carbocycles. The molecule has 0 unspecified atom stereocenters. The second-order valence-electron chi connectivity index (χ2n) is 9.62. The summed E-state index contributed by atoms with van der Waals surface area (Å²) in [7, 11) is -2.15. The normalized spacial score (nSPS) is 20.5. The molecule has 1 aliphatic heterocycles. The Morgan fingerprint density at radius 1 is 1.26 bits per heavy atom. The van der Waals surface area contributed by atoms with Gasteiger partial charge in [0.2, 0.25) is 0 Å². The molecule has 0 aromatic heterocycles. The summed E-state index contributed by atoms with van der Waals surface area (Å²) >= 11 is 0. The third-order valence-corrected chi connectivity index (χ3v) is 10.8. The molecule has 1 aromatic rings. The summed E-state index contributed by atoms with van der Waals surface area (Å²) < 4.78 is 18.8. The highest BCUT2D eigenvalue weighted by atomic mass is 28.4. The minimum absolute atomic E-state index is 0.0151. The van der Waals surface area contributed by atoms with Crippen molar-refractivity contribution < 1.29 is 18.7 Å². The van der Waals surface area contributed by atoms with Crippen molar-refractivity contribution in [2.75, 3.05) is 13.2 Å². The van der Waals surface area contributed by atoms with Crippen molar-refractivity contribution >= 4 is 14.4 Å². The Labute approximate surface area is 189 Å². The summed E-state index contributed by atoms with van der Waals surface area (Å²) in [6, 6.07) is 9.66. The monoisotopic (exact) mass is 445 g/mol. The fourth-order valence-corrected chi connectivity index (χ4v) is 4.79. The molecular weight excluding hydrogens is 406 g/mol. The summed E-state index contributed by atoms with van der Waals surface area (Å²) in [5, 5.41) is 0.0151. The van der Waals surface area contributed by atoms with E-state index in [1.807, 2.05) is 30.3 Å². The van der Waals surface area contributed by atoms with Crippen molar-refractivity contribution in [2.45, 2.75) is 76.6 Å². The molecule has 1 aliphatic rings. The largest absolute Gasteiger partial charge is 0.444 e. The van der Waals surface area contributed by atoms with Gasteiger partial charge in [-0.3, -0.25) is 4.90 Å². The van der Waals surface area contributed by atoms with Gasteiger partial charge in [-0.15, -0.1) is 13.2 Å². The lowest BCUT2D eigenvalue weighted by atomic mass is 9.94. The second kappa shape index (κ2) is 10.6. The Hall–Kier alpha value is -1.89. The highest BCUT2D eigenvalue weighted by Gasteiger charge is 2.51. The van der Waals surface area contributed by atoms with Crippen molar-refractivity contribution in [1.29, 1.82) is 0 Å². The average molecular weight is 446 g/mol. The maximum atomic E-state index is 13.3. The van der Waals surface area contributed by atoms with E-state index in [0.717, 1.165) is 18.4 Å². The molecule has 0 bridgehead atoms. The lowest BCUT2D eigenvalue weighted by Gasteiger charge is -2.51. The molecule has 1 saturated heterocycles. The van der Waals surface area contributed by atoms with E-state index >= 15 is 0 Å². The van der Waals surface area contributed by atoms with Crippen molar-refractivity contribution in [3.05, 3.63) is 61.2 Å². The van der Waals surface area contributed by atoms with Crippen LogP contribution in [0.25, 0.3) is 0 Å². The maximum absolute atomic E-state index is 13.3. The molecule has 0 N–H and O–H groups in total. The van der Waals surface area contributed by atoms with Crippen molar-refractivity contribution in [3.63, 3.8) is 0 Å². The Bertz CT molecular complexity index is 736. The number of rotatable bonds is 9. The van der Waals surface area contributed by atoms with E-state index in [9.17, 15) is 4.79 Å². The lowest BCUT2D eigenvalue weighted by Crippen LogP contribution is -2.64. The van der Waals surface area contributed by atoms with E-state index in [0.29, 0.717) is 19.6 Å². The van der Waals surface area contributed by atoms with Gasteiger partial charge in [-0.2, -0.15) is 0 Å². The Balaban J connectivity index is 2.34. The van der Waals surface area contributed by atoms with E-state index in [-0.39, 0.29) is 11.6 Å². The fourth-order valence-electron chi connectivity index (χ4n) is 3.52. The average Bonchev–Trinajstić information content (AvgIpc) is 2.74. The van der Waals surface area contributed by atoms with E-state index in [1.165, 1.54) is 0 Å². The predicted molar refractivity (Wildman–Crippen MR) is 128 cm³/mol. The molecule has 1 heterocycles. The fraction of sp³-hybridized carbons (Fsp3) is 0.560. The smallest absolute Gasteiger partial charge is 0.412 e. The van der Waals surface area contributed by atoms with Crippen LogP contribution < -0.4 is 0 Å². The molecule has 6 heteroatoms. The highest BCUT2D eigenvalue weighted by Crippen LogP contribution is 2.42. The summed E-state index contributed by atoms with van der Waals surface area (Å²) in [6.07, 6.45) is 5.14. The first-order valence-electron chi connectivity index (χ1n) is 11.1. The molecule has 0 saturated carbocycles. The van der Waals surface area contributed by atoms with Gasteiger partial charge in [-0.05, 0) is 43.0 Å². The molecular formula is C25H39NO4Si. The van der Waals surface area contributed by atoms with Gasteiger partial charge in [-0.1, -0.05) is 63.3 Å². The van der Waals surface area contributed by atoms with Crippen LogP contribution in [0.4, 0.5) is 4.79 Å². The van der Waals surface area contributed by atoms with Crippen LogP contribution in [0.3, 0.4) is 0 Å². The lowest BCUT2D eigenvalue weighted by molar-refractivity contribution is -0.204. The van der Waals surface area contributed by atoms with Crippen LogP contribution in [-0.4, -0.2) is 44.3 Å². The van der Waals surface area contributed by atoms with E-state index in [4.69, 9.17) is 13.9 Å². The quantitative estimate of drug-likeness (QED) is 0.331. The molecule has 0 radical (unpaired) electrons. The summed E-state index contributed by atoms with van der Waals surface area (Å²) in [4.78, 5) is 14.9. The third-order valence-electron chi connectivity index (χ3n) is 6.36. The first-order valence-corrected chi connectivity index (χ1v) is 14.0. The molecule has 0 spiro atoms.